The first-order valence-corrected chi connectivity index (χ1v) is 14.4. The summed E-state index contributed by atoms with van der Waals surface area (Å²) in [5, 5.41) is 22.8. The number of Topliss-reactive ketones (excluding diaryl/α,β-unsaturated/α-hetero) is 1. The van der Waals surface area contributed by atoms with Gasteiger partial charge in [0.1, 0.15) is 16.9 Å². The van der Waals surface area contributed by atoms with E-state index in [1.54, 1.807) is 32.1 Å². The lowest BCUT2D eigenvalue weighted by Gasteiger charge is -2.34. The lowest BCUT2D eigenvalue weighted by atomic mass is 9.73. The van der Waals surface area contributed by atoms with Crippen molar-refractivity contribution in [2.24, 2.45) is 17.3 Å². The highest BCUT2D eigenvalue weighted by molar-refractivity contribution is 7.18. The number of carbonyl (C=O) groups excluding carboxylic acids is 2. The molecular weight excluding hydrogens is 500 g/mol. The maximum atomic E-state index is 13.3. The Morgan fingerprint density at radius 3 is 2.58 bits per heavy atom. The first-order chi connectivity index (χ1) is 17.8. The third-order valence-corrected chi connectivity index (χ3v) is 8.82. The number of fused-ring (bicyclic) bond motifs is 1. The highest BCUT2D eigenvalue weighted by Crippen LogP contribution is 2.34. The normalized spacial score (nSPS) is 28.4. The molecule has 0 aliphatic carbocycles. The minimum absolute atomic E-state index is 0.0532. The number of thiazole rings is 1. The number of allylic oxidation sites excluding steroid dienone is 1. The zero-order valence-electron chi connectivity index (χ0n) is 23.9. The molecule has 1 aliphatic heterocycles. The van der Waals surface area contributed by atoms with Gasteiger partial charge in [-0.2, -0.15) is 0 Å². The number of aliphatic hydroxyl groups excluding tert-OH is 2. The third kappa shape index (κ3) is 7.50. The summed E-state index contributed by atoms with van der Waals surface area (Å²) in [5.41, 5.74) is 1.72. The molecule has 0 saturated heterocycles. The maximum absolute atomic E-state index is 13.3. The molecule has 1 aliphatic rings. The van der Waals surface area contributed by atoms with E-state index in [0.29, 0.717) is 6.42 Å². The number of cyclic esters (lactones) is 1. The molecule has 0 bridgehead atoms. The molecule has 5 atom stereocenters. The van der Waals surface area contributed by atoms with E-state index < -0.39 is 35.6 Å². The summed E-state index contributed by atoms with van der Waals surface area (Å²) >= 11 is 1.65. The minimum atomic E-state index is -1.23. The van der Waals surface area contributed by atoms with E-state index in [4.69, 9.17) is 9.72 Å². The molecule has 0 amide bonds. The molecule has 2 heterocycles. The minimum Gasteiger partial charge on any atom is -0.457 e. The molecule has 2 aromatic rings. The molecule has 0 spiro atoms. The smallest absolute Gasteiger partial charge is 0.309 e. The lowest BCUT2D eigenvalue weighted by Crippen LogP contribution is -2.45. The van der Waals surface area contributed by atoms with Crippen molar-refractivity contribution < 1.29 is 24.5 Å². The van der Waals surface area contributed by atoms with Crippen molar-refractivity contribution in [1.29, 1.82) is 0 Å². The molecule has 0 saturated carbocycles. The number of ether oxygens (including phenoxy) is 1. The standard InChI is InChI=1S/C30H44N2O5S/c1-18-9-8-10-19(2)28(35)20(3)29(36)30(4,5)25(33)16-27(34)37-23(13-11-18)21-12-14-24-22(15-21)31-26(38-24)17-32(6)7/h11-12,14-15,19-20,23,25,28,33,35H,8-10,13,16-17H2,1-7H3/t19?,20?,23-,25?,28-/m0/s1. The number of hydrogen-bond acceptors (Lipinski definition) is 8. The molecule has 8 heteroatoms. The van der Waals surface area contributed by atoms with Crippen LogP contribution in [0.4, 0.5) is 0 Å². The number of aromatic nitrogens is 1. The van der Waals surface area contributed by atoms with E-state index in [9.17, 15) is 19.8 Å². The van der Waals surface area contributed by atoms with E-state index in [1.165, 1.54) is 5.57 Å². The van der Waals surface area contributed by atoms with Crippen LogP contribution in [0.5, 0.6) is 0 Å². The number of carbonyl (C=O) groups is 2. The van der Waals surface area contributed by atoms with Crippen LogP contribution in [0.15, 0.2) is 29.8 Å². The average Bonchev–Trinajstić information content (AvgIpc) is 3.24. The lowest BCUT2D eigenvalue weighted by molar-refractivity contribution is -0.155. The van der Waals surface area contributed by atoms with Gasteiger partial charge in [-0.25, -0.2) is 4.98 Å². The molecular formula is C30H44N2O5S. The molecule has 210 valence electrons. The van der Waals surface area contributed by atoms with Gasteiger partial charge < -0.3 is 19.8 Å². The van der Waals surface area contributed by atoms with Gasteiger partial charge in [-0.05, 0) is 63.9 Å². The molecule has 38 heavy (non-hydrogen) atoms. The summed E-state index contributed by atoms with van der Waals surface area (Å²) in [6, 6.07) is 5.99. The van der Waals surface area contributed by atoms with E-state index >= 15 is 0 Å². The Morgan fingerprint density at radius 1 is 1.18 bits per heavy atom. The van der Waals surface area contributed by atoms with Crippen molar-refractivity contribution in [3.63, 3.8) is 0 Å². The van der Waals surface area contributed by atoms with Gasteiger partial charge in [0.25, 0.3) is 0 Å². The Balaban J connectivity index is 1.91. The number of nitrogens with zero attached hydrogens (tertiary/aromatic N) is 2. The number of esters is 1. The predicted molar refractivity (Wildman–Crippen MR) is 152 cm³/mol. The monoisotopic (exact) mass is 544 g/mol. The van der Waals surface area contributed by atoms with Crippen LogP contribution < -0.4 is 0 Å². The number of hydrogen-bond donors (Lipinski definition) is 2. The highest BCUT2D eigenvalue weighted by Gasteiger charge is 2.42. The predicted octanol–water partition coefficient (Wildman–Crippen LogP) is 5.44. The molecule has 0 fully saturated rings. The van der Waals surface area contributed by atoms with Gasteiger partial charge in [-0.1, -0.05) is 45.4 Å². The number of ketones is 1. The second-order valence-electron chi connectivity index (χ2n) is 11.8. The van der Waals surface area contributed by atoms with Crippen LogP contribution in [0, 0.1) is 17.3 Å². The molecule has 3 unspecified atom stereocenters. The van der Waals surface area contributed by atoms with E-state index in [1.807, 2.05) is 39.2 Å². The van der Waals surface area contributed by atoms with Gasteiger partial charge in [-0.3, -0.25) is 9.59 Å². The Morgan fingerprint density at radius 2 is 1.89 bits per heavy atom. The zero-order chi connectivity index (χ0) is 28.2. The first kappa shape index (κ1) is 30.4. The third-order valence-electron chi connectivity index (χ3n) is 7.80. The molecule has 7 nitrogen and oxygen atoms in total. The van der Waals surface area contributed by atoms with Crippen LogP contribution in [-0.4, -0.2) is 58.2 Å². The Kier molecular flexibility index (Phi) is 10.3. The SMILES string of the molecule is CC1=CC[C@@H](c2ccc3sc(CN(C)C)nc3c2)OC(=O)CC(O)C(C)(C)C(=O)C(C)[C@@H](O)C(C)CCC1. The van der Waals surface area contributed by atoms with Crippen LogP contribution >= 0.6 is 11.3 Å². The van der Waals surface area contributed by atoms with Crippen molar-refractivity contribution in [2.75, 3.05) is 14.1 Å². The van der Waals surface area contributed by atoms with Gasteiger partial charge in [-0.15, -0.1) is 11.3 Å². The number of benzene rings is 1. The second kappa shape index (κ2) is 12.8. The topological polar surface area (TPSA) is 100.0 Å². The van der Waals surface area contributed by atoms with Gasteiger partial charge >= 0.3 is 5.97 Å². The molecule has 1 aromatic carbocycles. The Hall–Kier alpha value is -2.13. The van der Waals surface area contributed by atoms with Crippen molar-refractivity contribution in [3.05, 3.63) is 40.4 Å². The van der Waals surface area contributed by atoms with Gasteiger partial charge in [0.15, 0.2) is 0 Å². The summed E-state index contributed by atoms with van der Waals surface area (Å²) in [5.74, 6) is -1.51. The number of aliphatic hydroxyl groups is 2. The van der Waals surface area contributed by atoms with E-state index in [0.717, 1.165) is 46.6 Å². The average molecular weight is 545 g/mol. The number of rotatable bonds is 3. The largest absolute Gasteiger partial charge is 0.457 e. The summed E-state index contributed by atoms with van der Waals surface area (Å²) < 4.78 is 7.01. The first-order valence-electron chi connectivity index (χ1n) is 13.6. The molecule has 3 rings (SSSR count). The summed E-state index contributed by atoms with van der Waals surface area (Å²) in [6.07, 6.45) is 2.30. The summed E-state index contributed by atoms with van der Waals surface area (Å²) in [7, 11) is 4.02. The van der Waals surface area contributed by atoms with E-state index in [-0.39, 0.29) is 18.1 Å². The van der Waals surface area contributed by atoms with Gasteiger partial charge in [0.05, 0.1) is 34.3 Å². The van der Waals surface area contributed by atoms with Crippen molar-refractivity contribution in [2.45, 2.75) is 91.6 Å². The second-order valence-corrected chi connectivity index (χ2v) is 12.9. The maximum Gasteiger partial charge on any atom is 0.309 e. The van der Waals surface area contributed by atoms with Crippen LogP contribution in [-0.2, 0) is 20.9 Å². The molecule has 1 aromatic heterocycles. The van der Waals surface area contributed by atoms with Crippen molar-refractivity contribution >= 4 is 33.3 Å². The van der Waals surface area contributed by atoms with Crippen LogP contribution in [0.25, 0.3) is 10.2 Å². The van der Waals surface area contributed by atoms with E-state index in [2.05, 4.69) is 17.9 Å². The van der Waals surface area contributed by atoms with Crippen LogP contribution in [0.2, 0.25) is 0 Å². The summed E-state index contributed by atoms with van der Waals surface area (Å²) in [6.45, 7) is 9.77. The van der Waals surface area contributed by atoms with Gasteiger partial charge in [0, 0.05) is 18.9 Å². The zero-order valence-corrected chi connectivity index (χ0v) is 24.7. The van der Waals surface area contributed by atoms with Crippen molar-refractivity contribution in [3.8, 4) is 0 Å². The molecule has 2 N–H and O–H groups in total. The van der Waals surface area contributed by atoms with Crippen LogP contribution in [0.3, 0.4) is 0 Å². The summed E-state index contributed by atoms with van der Waals surface area (Å²) in [4.78, 5) is 33.2. The van der Waals surface area contributed by atoms with Gasteiger partial charge in [0.2, 0.25) is 0 Å². The Bertz CT molecular complexity index is 1150. The highest BCUT2D eigenvalue weighted by atomic mass is 32.1. The fraction of sp³-hybridized carbons (Fsp3) is 0.633. The fourth-order valence-electron chi connectivity index (χ4n) is 5.09. The fourth-order valence-corrected chi connectivity index (χ4v) is 6.15. The van der Waals surface area contributed by atoms with Crippen LogP contribution in [0.1, 0.15) is 83.4 Å². The van der Waals surface area contributed by atoms with Crippen molar-refractivity contribution in [1.82, 2.24) is 9.88 Å². The quantitative estimate of drug-likeness (QED) is 0.392. The molecule has 0 radical (unpaired) electrons. The Labute approximate surface area is 230 Å².